The zero-order valence-corrected chi connectivity index (χ0v) is 5.20. The molecule has 0 aliphatic heterocycles. The van der Waals surface area contributed by atoms with Crippen LogP contribution in [0.2, 0.25) is 0 Å². The summed E-state index contributed by atoms with van der Waals surface area (Å²) in [6.07, 6.45) is 7.36. The fraction of sp³-hybridized carbons (Fsp3) is 0.167. The summed E-state index contributed by atoms with van der Waals surface area (Å²) in [6, 6.07) is 0. The van der Waals surface area contributed by atoms with E-state index in [2.05, 4.69) is 6.58 Å². The molecule has 0 unspecified atom stereocenters. The van der Waals surface area contributed by atoms with Gasteiger partial charge < -0.3 is 0 Å². The van der Waals surface area contributed by atoms with Gasteiger partial charge in [-0.2, -0.15) is 0 Å². The fourth-order valence-electron chi connectivity index (χ4n) is 0.627. The minimum Gasteiger partial charge on any atom is -0.295 e. The third-order valence-corrected chi connectivity index (χ3v) is 1.13. The average molecular weight is 124 g/mol. The number of nitrogens with zero attached hydrogens (tertiary/aromatic N) is 2. The van der Waals surface area contributed by atoms with E-state index in [1.54, 1.807) is 6.20 Å². The number of rotatable bonds is 2. The van der Waals surface area contributed by atoms with Gasteiger partial charge in [0.25, 0.3) is 0 Å². The van der Waals surface area contributed by atoms with Crippen LogP contribution < -0.4 is 10.3 Å². The molecule has 0 spiro atoms. The lowest BCUT2D eigenvalue weighted by Crippen LogP contribution is -2.35. The lowest BCUT2D eigenvalue weighted by molar-refractivity contribution is -0.695. The monoisotopic (exact) mass is 124 g/mol. The first-order valence-corrected chi connectivity index (χ1v) is 2.76. The molecule has 48 valence electrons. The summed E-state index contributed by atoms with van der Waals surface area (Å²) in [6.45, 7) is 4.10. The maximum atomic E-state index is 5.33. The molecule has 3 heteroatoms. The Morgan fingerprint density at radius 3 is 2.89 bits per heavy atom. The van der Waals surface area contributed by atoms with Crippen molar-refractivity contribution in [2.45, 2.75) is 6.67 Å². The number of imidazole rings is 1. The highest BCUT2D eigenvalue weighted by molar-refractivity contribution is 5.12. The lowest BCUT2D eigenvalue weighted by Gasteiger charge is -1.82. The first-order valence-electron chi connectivity index (χ1n) is 2.76. The highest BCUT2D eigenvalue weighted by atomic mass is 15.1. The minimum atomic E-state index is 0.515. The van der Waals surface area contributed by atoms with E-state index < -0.39 is 0 Å². The summed E-state index contributed by atoms with van der Waals surface area (Å²) in [4.78, 5) is 0. The van der Waals surface area contributed by atoms with E-state index >= 15 is 0 Å². The summed E-state index contributed by atoms with van der Waals surface area (Å²) < 4.78 is 3.70. The average Bonchev–Trinajstić information content (AvgIpc) is 2.34. The number of hydrogen-bond acceptors (Lipinski definition) is 1. The van der Waals surface area contributed by atoms with Crippen LogP contribution in [-0.2, 0) is 6.67 Å². The van der Waals surface area contributed by atoms with E-state index in [0.717, 1.165) is 0 Å². The molecule has 1 aromatic rings. The standard InChI is InChI=1S/C6H10N3/c1-2-8-3-4-9(5-7)6-8/h2-4,6H,1,5,7H2/q+1. The summed E-state index contributed by atoms with van der Waals surface area (Å²) in [5.74, 6) is 0. The van der Waals surface area contributed by atoms with Gasteiger partial charge in [-0.05, 0) is 0 Å². The van der Waals surface area contributed by atoms with Crippen molar-refractivity contribution in [2.75, 3.05) is 0 Å². The van der Waals surface area contributed by atoms with Crippen LogP contribution in [0.15, 0.2) is 25.3 Å². The predicted molar refractivity (Wildman–Crippen MR) is 35.2 cm³/mol. The Labute approximate surface area is 54.0 Å². The molecule has 1 aromatic heterocycles. The zero-order valence-electron chi connectivity index (χ0n) is 5.20. The van der Waals surface area contributed by atoms with Crippen LogP contribution in [0.3, 0.4) is 0 Å². The Kier molecular flexibility index (Phi) is 1.65. The number of hydrogen-bond donors (Lipinski definition) is 1. The molecule has 3 nitrogen and oxygen atoms in total. The second-order valence-electron chi connectivity index (χ2n) is 1.74. The van der Waals surface area contributed by atoms with Crippen LogP contribution >= 0.6 is 0 Å². The quantitative estimate of drug-likeness (QED) is 0.544. The van der Waals surface area contributed by atoms with Crippen molar-refractivity contribution in [1.82, 2.24) is 4.57 Å². The molecule has 0 aliphatic rings. The zero-order chi connectivity index (χ0) is 6.69. The van der Waals surface area contributed by atoms with Gasteiger partial charge in [0.2, 0.25) is 6.33 Å². The SMILES string of the molecule is C=Cn1cc[n+](CN)c1. The molecule has 0 aliphatic carbocycles. The molecule has 0 atom stereocenters. The van der Waals surface area contributed by atoms with Crippen LogP contribution in [-0.4, -0.2) is 4.57 Å². The largest absolute Gasteiger partial charge is 0.295 e. The molecular weight excluding hydrogens is 114 g/mol. The van der Waals surface area contributed by atoms with E-state index in [4.69, 9.17) is 5.73 Å². The maximum absolute atomic E-state index is 5.33. The Morgan fingerprint density at radius 1 is 1.78 bits per heavy atom. The van der Waals surface area contributed by atoms with Crippen molar-refractivity contribution in [3.05, 3.63) is 25.3 Å². The molecule has 0 aromatic carbocycles. The van der Waals surface area contributed by atoms with Gasteiger partial charge in [0.05, 0.1) is 6.20 Å². The van der Waals surface area contributed by atoms with E-state index in [0.29, 0.717) is 6.67 Å². The third kappa shape index (κ3) is 1.17. The van der Waals surface area contributed by atoms with Gasteiger partial charge in [0.1, 0.15) is 19.1 Å². The molecule has 0 fully saturated rings. The topological polar surface area (TPSA) is 34.8 Å². The number of nitrogens with two attached hydrogens (primary N) is 1. The molecule has 2 N–H and O–H groups in total. The van der Waals surface area contributed by atoms with Crippen LogP contribution in [0.5, 0.6) is 0 Å². The molecule has 0 amide bonds. The molecular formula is C6H10N3+. The molecule has 1 heterocycles. The van der Waals surface area contributed by atoms with Crippen molar-refractivity contribution < 1.29 is 4.57 Å². The third-order valence-electron chi connectivity index (χ3n) is 1.13. The summed E-state index contributed by atoms with van der Waals surface area (Å²) in [5.41, 5.74) is 5.33. The van der Waals surface area contributed by atoms with Crippen molar-refractivity contribution in [3.8, 4) is 0 Å². The summed E-state index contributed by atoms with van der Waals surface area (Å²) in [5, 5.41) is 0. The molecule has 1 rings (SSSR count). The minimum absolute atomic E-state index is 0.515. The van der Waals surface area contributed by atoms with Gasteiger partial charge in [-0.1, -0.05) is 6.58 Å². The van der Waals surface area contributed by atoms with E-state index in [1.165, 1.54) is 0 Å². The Bertz CT molecular complexity index is 202. The van der Waals surface area contributed by atoms with Gasteiger partial charge in [0.15, 0.2) is 0 Å². The molecule has 0 radical (unpaired) electrons. The van der Waals surface area contributed by atoms with Gasteiger partial charge in [-0.15, -0.1) is 0 Å². The van der Waals surface area contributed by atoms with Gasteiger partial charge in [0, 0.05) is 0 Å². The van der Waals surface area contributed by atoms with Crippen molar-refractivity contribution in [3.63, 3.8) is 0 Å². The predicted octanol–water partition coefficient (Wildman–Crippen LogP) is -0.208. The fourth-order valence-corrected chi connectivity index (χ4v) is 0.627. The highest BCUT2D eigenvalue weighted by Gasteiger charge is 1.94. The summed E-state index contributed by atoms with van der Waals surface area (Å²) >= 11 is 0. The van der Waals surface area contributed by atoms with Crippen molar-refractivity contribution in [2.24, 2.45) is 5.73 Å². The first-order chi connectivity index (χ1) is 4.36. The van der Waals surface area contributed by atoms with E-state index in [-0.39, 0.29) is 0 Å². The Balaban J connectivity index is 2.86. The lowest BCUT2D eigenvalue weighted by atomic mass is 10.8. The van der Waals surface area contributed by atoms with Crippen LogP contribution in [0.4, 0.5) is 0 Å². The van der Waals surface area contributed by atoms with Crippen molar-refractivity contribution in [1.29, 1.82) is 0 Å². The van der Waals surface area contributed by atoms with Crippen molar-refractivity contribution >= 4 is 6.20 Å². The molecule has 0 bridgehead atoms. The summed E-state index contributed by atoms with van der Waals surface area (Å²) in [7, 11) is 0. The molecule has 0 saturated carbocycles. The molecule has 0 saturated heterocycles. The van der Waals surface area contributed by atoms with Gasteiger partial charge in [-0.25, -0.2) is 9.13 Å². The van der Waals surface area contributed by atoms with Gasteiger partial charge in [-0.3, -0.25) is 5.73 Å². The van der Waals surface area contributed by atoms with Crippen LogP contribution in [0.25, 0.3) is 6.20 Å². The number of aromatic nitrogens is 2. The van der Waals surface area contributed by atoms with Crippen LogP contribution in [0.1, 0.15) is 0 Å². The highest BCUT2D eigenvalue weighted by Crippen LogP contribution is 1.80. The van der Waals surface area contributed by atoms with E-state index in [1.807, 2.05) is 27.9 Å². The van der Waals surface area contributed by atoms with E-state index in [9.17, 15) is 0 Å². The Hall–Kier alpha value is -1.09. The smallest absolute Gasteiger partial charge is 0.249 e. The molecule has 9 heavy (non-hydrogen) atoms. The van der Waals surface area contributed by atoms with Gasteiger partial charge >= 0.3 is 0 Å². The Morgan fingerprint density at radius 2 is 2.56 bits per heavy atom. The second kappa shape index (κ2) is 2.46. The normalized spacial score (nSPS) is 9.44. The second-order valence-corrected chi connectivity index (χ2v) is 1.74. The first kappa shape index (κ1) is 6.04. The maximum Gasteiger partial charge on any atom is 0.249 e. The van der Waals surface area contributed by atoms with Crippen LogP contribution in [0, 0.1) is 0 Å².